The molecule has 0 amide bonds. The second kappa shape index (κ2) is 6.37. The molecule has 0 aromatic rings. The summed E-state index contributed by atoms with van der Waals surface area (Å²) in [5, 5.41) is 36.7. The summed E-state index contributed by atoms with van der Waals surface area (Å²) in [4.78, 5) is 0. The van der Waals surface area contributed by atoms with Gasteiger partial charge in [-0.05, 0) is 12.8 Å². The Bertz CT molecular complexity index is 93.0. The average Bonchev–Trinajstić information content (AvgIpc) is 2.14. The Morgan fingerprint density at radius 1 is 0.917 bits per heavy atom. The summed E-state index contributed by atoms with van der Waals surface area (Å²) in [6, 6.07) is 0. The van der Waals surface area contributed by atoms with Crippen molar-refractivity contribution in [3.05, 3.63) is 0 Å². The monoisotopic (exact) mass is 177 g/mol. The van der Waals surface area contributed by atoms with Crippen molar-refractivity contribution < 1.29 is 20.4 Å². The molecule has 3 N–H and O–H groups in total. The van der Waals surface area contributed by atoms with E-state index in [0.29, 0.717) is 19.3 Å². The first-order valence-corrected chi connectivity index (χ1v) is 4.15. The molecule has 0 spiro atoms. The summed E-state index contributed by atoms with van der Waals surface area (Å²) >= 11 is 0. The lowest BCUT2D eigenvalue weighted by atomic mass is 9.85. The average molecular weight is 177 g/mol. The Morgan fingerprint density at radius 2 is 1.42 bits per heavy atom. The van der Waals surface area contributed by atoms with Crippen LogP contribution in [0, 0.1) is 5.41 Å². The van der Waals surface area contributed by atoms with Crippen molar-refractivity contribution in [3.63, 3.8) is 0 Å². The van der Waals surface area contributed by atoms with E-state index >= 15 is 0 Å². The predicted molar refractivity (Wildman–Crippen MR) is 43.1 cm³/mol. The van der Waals surface area contributed by atoms with Crippen LogP contribution >= 0.6 is 0 Å². The van der Waals surface area contributed by atoms with Gasteiger partial charge in [-0.3, -0.25) is 0 Å². The lowest BCUT2D eigenvalue weighted by molar-refractivity contribution is -0.00345. The molecule has 0 heterocycles. The van der Waals surface area contributed by atoms with E-state index in [0.717, 1.165) is 0 Å². The van der Waals surface area contributed by atoms with Crippen molar-refractivity contribution >= 4 is 0 Å². The van der Waals surface area contributed by atoms with Crippen LogP contribution in [0.2, 0.25) is 0 Å². The fourth-order valence-corrected chi connectivity index (χ4v) is 0.989. The molecule has 1 radical (unpaired) electrons. The van der Waals surface area contributed by atoms with Crippen LogP contribution in [0.4, 0.5) is 0 Å². The number of unbranched alkanes of at least 4 members (excludes halogenated alkanes) is 1. The van der Waals surface area contributed by atoms with Gasteiger partial charge in [0.15, 0.2) is 0 Å². The van der Waals surface area contributed by atoms with Crippen molar-refractivity contribution in [1.29, 1.82) is 0 Å². The molecule has 0 bridgehead atoms. The summed E-state index contributed by atoms with van der Waals surface area (Å²) in [6.07, 6.45) is 1.67. The highest BCUT2D eigenvalue weighted by Gasteiger charge is 2.26. The highest BCUT2D eigenvalue weighted by molar-refractivity contribution is 4.76. The summed E-state index contributed by atoms with van der Waals surface area (Å²) in [5.41, 5.74) is -0.796. The topological polar surface area (TPSA) is 80.6 Å². The predicted octanol–water partition coefficient (Wildman–Crippen LogP) is -0.449. The number of hydrogen-bond donors (Lipinski definition) is 3. The zero-order chi connectivity index (χ0) is 9.45. The van der Waals surface area contributed by atoms with Crippen LogP contribution in [0.3, 0.4) is 0 Å². The summed E-state index contributed by atoms with van der Waals surface area (Å²) < 4.78 is 0. The van der Waals surface area contributed by atoms with Crippen molar-refractivity contribution in [2.75, 3.05) is 26.4 Å². The third-order valence-corrected chi connectivity index (χ3v) is 2.11. The van der Waals surface area contributed by atoms with Crippen molar-refractivity contribution in [2.45, 2.75) is 19.3 Å². The van der Waals surface area contributed by atoms with Gasteiger partial charge in [0.2, 0.25) is 0 Å². The second-order valence-corrected chi connectivity index (χ2v) is 3.14. The number of hydrogen-bond acceptors (Lipinski definition) is 3. The normalized spacial score (nSPS) is 12.0. The van der Waals surface area contributed by atoms with Crippen LogP contribution in [0.5, 0.6) is 0 Å². The van der Waals surface area contributed by atoms with E-state index in [2.05, 4.69) is 0 Å². The van der Waals surface area contributed by atoms with Crippen LogP contribution < -0.4 is 0 Å². The zero-order valence-corrected chi connectivity index (χ0v) is 7.20. The maximum Gasteiger partial charge on any atom is 0.0822 e. The Hall–Kier alpha value is -0.160. The van der Waals surface area contributed by atoms with E-state index in [4.69, 9.17) is 15.3 Å². The lowest BCUT2D eigenvalue weighted by Gasteiger charge is -2.26. The lowest BCUT2D eigenvalue weighted by Crippen LogP contribution is -2.33. The van der Waals surface area contributed by atoms with Crippen molar-refractivity contribution in [2.24, 2.45) is 5.41 Å². The van der Waals surface area contributed by atoms with Gasteiger partial charge >= 0.3 is 0 Å². The van der Waals surface area contributed by atoms with Crippen LogP contribution in [0.25, 0.3) is 0 Å². The number of aliphatic hydroxyl groups excluding tert-OH is 3. The molecule has 0 fully saturated rings. The van der Waals surface area contributed by atoms with Gasteiger partial charge < -0.3 is 15.3 Å². The molecule has 0 saturated heterocycles. The molecule has 0 aromatic heterocycles. The summed E-state index contributed by atoms with van der Waals surface area (Å²) in [5.74, 6) is 0. The molecule has 12 heavy (non-hydrogen) atoms. The SMILES string of the molecule is [O]CCCCC(CO)(CO)CO. The molecule has 4 heteroatoms. The second-order valence-electron chi connectivity index (χ2n) is 3.14. The van der Waals surface area contributed by atoms with Gasteiger partial charge in [-0.2, -0.15) is 0 Å². The van der Waals surface area contributed by atoms with E-state index in [9.17, 15) is 5.11 Å². The third kappa shape index (κ3) is 3.49. The molecule has 0 aliphatic heterocycles. The van der Waals surface area contributed by atoms with Crippen LogP contribution in [-0.4, -0.2) is 41.7 Å². The quantitative estimate of drug-likeness (QED) is 0.461. The first-order chi connectivity index (χ1) is 5.74. The van der Waals surface area contributed by atoms with Gasteiger partial charge in [0, 0.05) is 5.41 Å². The highest BCUT2D eigenvalue weighted by atomic mass is 16.3. The largest absolute Gasteiger partial charge is 0.396 e. The standard InChI is InChI=1S/C8H17O4/c9-4-2-1-3-8(5-10,6-11)7-12/h10-12H,1-7H2. The molecule has 0 saturated carbocycles. The minimum atomic E-state index is -0.796. The number of rotatable bonds is 7. The van der Waals surface area contributed by atoms with Crippen molar-refractivity contribution in [1.82, 2.24) is 0 Å². The van der Waals surface area contributed by atoms with E-state index in [1.165, 1.54) is 0 Å². The molecule has 0 aromatic carbocycles. The molecule has 4 nitrogen and oxygen atoms in total. The minimum Gasteiger partial charge on any atom is -0.396 e. The van der Waals surface area contributed by atoms with Gasteiger partial charge in [0.1, 0.15) is 0 Å². The Morgan fingerprint density at radius 3 is 1.75 bits per heavy atom. The van der Waals surface area contributed by atoms with E-state index in [-0.39, 0.29) is 26.4 Å². The van der Waals surface area contributed by atoms with Crippen LogP contribution in [-0.2, 0) is 5.11 Å². The number of aliphatic hydroxyl groups is 3. The molecule has 0 atom stereocenters. The van der Waals surface area contributed by atoms with Crippen LogP contribution in [0.15, 0.2) is 0 Å². The molecular weight excluding hydrogens is 160 g/mol. The van der Waals surface area contributed by atoms with Crippen molar-refractivity contribution in [3.8, 4) is 0 Å². The maximum absolute atomic E-state index is 10.1. The minimum absolute atomic E-state index is 0.141. The maximum atomic E-state index is 10.1. The Labute approximate surface area is 72.5 Å². The zero-order valence-electron chi connectivity index (χ0n) is 7.20. The van der Waals surface area contributed by atoms with Crippen LogP contribution in [0.1, 0.15) is 19.3 Å². The van der Waals surface area contributed by atoms with Gasteiger partial charge in [-0.25, -0.2) is 5.11 Å². The van der Waals surface area contributed by atoms with E-state index < -0.39 is 5.41 Å². The molecule has 73 valence electrons. The van der Waals surface area contributed by atoms with Gasteiger partial charge in [0.25, 0.3) is 0 Å². The van der Waals surface area contributed by atoms with E-state index in [1.807, 2.05) is 0 Å². The Kier molecular flexibility index (Phi) is 6.28. The molecule has 0 rings (SSSR count). The van der Waals surface area contributed by atoms with Gasteiger partial charge in [-0.15, -0.1) is 0 Å². The fraction of sp³-hybridized carbons (Fsp3) is 1.00. The molecule has 0 unspecified atom stereocenters. The van der Waals surface area contributed by atoms with Gasteiger partial charge in [-0.1, -0.05) is 6.42 Å². The summed E-state index contributed by atoms with van der Waals surface area (Å²) in [6.45, 7) is -0.852. The molecular formula is C8H17O4. The van der Waals surface area contributed by atoms with E-state index in [1.54, 1.807) is 0 Å². The first-order valence-electron chi connectivity index (χ1n) is 4.15. The fourth-order valence-electron chi connectivity index (χ4n) is 0.989. The Balaban J connectivity index is 3.76. The molecule has 0 aliphatic rings. The molecule has 0 aliphatic carbocycles. The third-order valence-electron chi connectivity index (χ3n) is 2.11. The first kappa shape index (κ1) is 11.8. The highest BCUT2D eigenvalue weighted by Crippen LogP contribution is 2.22. The smallest absolute Gasteiger partial charge is 0.0822 e. The summed E-state index contributed by atoms with van der Waals surface area (Å²) in [7, 11) is 0. The van der Waals surface area contributed by atoms with Gasteiger partial charge in [0.05, 0.1) is 26.4 Å².